The number of hydrogen-bond donors (Lipinski definition) is 1. The van der Waals surface area contributed by atoms with Crippen LogP contribution in [0.4, 0.5) is 0 Å². The predicted octanol–water partition coefficient (Wildman–Crippen LogP) is 1.67. The van der Waals surface area contributed by atoms with Crippen LogP contribution in [0.2, 0.25) is 0 Å². The van der Waals surface area contributed by atoms with Gasteiger partial charge in [-0.05, 0) is 25.3 Å². The van der Waals surface area contributed by atoms with Gasteiger partial charge in [-0.15, -0.1) is 0 Å². The van der Waals surface area contributed by atoms with E-state index in [0.29, 0.717) is 18.5 Å². The van der Waals surface area contributed by atoms with E-state index in [0.717, 1.165) is 0 Å². The normalized spacial score (nSPS) is 19.8. The number of nitrogens with zero attached hydrogens (tertiary/aromatic N) is 2. The van der Waals surface area contributed by atoms with Gasteiger partial charge in [-0.1, -0.05) is 6.92 Å². The molecular weight excluding hydrogens is 162 g/mol. The van der Waals surface area contributed by atoms with Crippen LogP contribution in [0, 0.1) is 0 Å². The zero-order valence-corrected chi connectivity index (χ0v) is 8.11. The lowest BCUT2D eigenvalue weighted by molar-refractivity contribution is 0.279. The number of rotatable bonds is 3. The maximum Gasteiger partial charge on any atom is 0.0522 e. The van der Waals surface area contributed by atoms with Gasteiger partial charge in [-0.2, -0.15) is 5.10 Å². The van der Waals surface area contributed by atoms with Crippen LogP contribution in [0.15, 0.2) is 12.3 Å². The average Bonchev–Trinajstić information content (AvgIpc) is 2.49. The lowest BCUT2D eigenvalue weighted by Crippen LogP contribution is -2.23. The van der Waals surface area contributed by atoms with Crippen LogP contribution >= 0.6 is 0 Å². The van der Waals surface area contributed by atoms with E-state index in [4.69, 9.17) is 5.73 Å². The molecule has 0 bridgehead atoms. The molecule has 1 heterocycles. The fraction of sp³-hybridized carbons (Fsp3) is 0.700. The molecule has 1 aliphatic rings. The molecule has 1 fully saturated rings. The molecule has 2 N–H and O–H groups in total. The summed E-state index contributed by atoms with van der Waals surface area (Å²) in [5.74, 6) is 0.433. The Balaban J connectivity index is 2.19. The fourth-order valence-corrected chi connectivity index (χ4v) is 1.77. The minimum absolute atomic E-state index is 0.433. The van der Waals surface area contributed by atoms with Gasteiger partial charge < -0.3 is 5.73 Å². The second kappa shape index (κ2) is 3.50. The molecule has 1 saturated carbocycles. The Morgan fingerprint density at radius 3 is 3.00 bits per heavy atom. The second-order valence-corrected chi connectivity index (χ2v) is 3.92. The van der Waals surface area contributed by atoms with E-state index < -0.39 is 0 Å². The molecule has 72 valence electrons. The fourth-order valence-electron chi connectivity index (χ4n) is 1.77. The molecule has 0 aromatic carbocycles. The summed E-state index contributed by atoms with van der Waals surface area (Å²) in [5.41, 5.74) is 6.95. The topological polar surface area (TPSA) is 43.8 Å². The lowest BCUT2D eigenvalue weighted by atomic mass is 9.92. The Hall–Kier alpha value is -0.830. The predicted molar refractivity (Wildman–Crippen MR) is 52.6 cm³/mol. The summed E-state index contributed by atoms with van der Waals surface area (Å²) < 4.78 is 2.17. The second-order valence-electron chi connectivity index (χ2n) is 3.92. The van der Waals surface area contributed by atoms with Gasteiger partial charge in [-0.25, -0.2) is 0 Å². The first-order valence-corrected chi connectivity index (χ1v) is 5.06. The van der Waals surface area contributed by atoms with E-state index in [1.165, 1.54) is 25.0 Å². The van der Waals surface area contributed by atoms with Crippen molar-refractivity contribution in [2.45, 2.75) is 38.1 Å². The number of hydrogen-bond acceptors (Lipinski definition) is 2. The first kappa shape index (κ1) is 8.75. The smallest absolute Gasteiger partial charge is 0.0522 e. The molecule has 0 spiro atoms. The van der Waals surface area contributed by atoms with E-state index in [2.05, 4.69) is 22.8 Å². The van der Waals surface area contributed by atoms with E-state index in [9.17, 15) is 0 Å². The molecule has 0 saturated heterocycles. The van der Waals surface area contributed by atoms with Crippen molar-refractivity contribution in [2.24, 2.45) is 5.73 Å². The number of nitrogens with two attached hydrogens (primary N) is 1. The van der Waals surface area contributed by atoms with Crippen molar-refractivity contribution in [3.05, 3.63) is 18.0 Å². The Labute approximate surface area is 78.9 Å². The highest BCUT2D eigenvalue weighted by Gasteiger charge is 2.23. The van der Waals surface area contributed by atoms with Crippen molar-refractivity contribution >= 4 is 0 Å². The van der Waals surface area contributed by atoms with E-state index >= 15 is 0 Å². The highest BCUT2D eigenvalue weighted by Crippen LogP contribution is 2.33. The summed E-state index contributed by atoms with van der Waals surface area (Å²) in [6.45, 7) is 2.87. The van der Waals surface area contributed by atoms with Gasteiger partial charge in [0.15, 0.2) is 0 Å². The number of aromatic nitrogens is 2. The van der Waals surface area contributed by atoms with Gasteiger partial charge >= 0.3 is 0 Å². The van der Waals surface area contributed by atoms with E-state index in [1.807, 2.05) is 6.20 Å². The van der Waals surface area contributed by atoms with Crippen molar-refractivity contribution < 1.29 is 0 Å². The first-order chi connectivity index (χ1) is 6.33. The quantitative estimate of drug-likeness (QED) is 0.767. The highest BCUT2D eigenvalue weighted by molar-refractivity contribution is 5.09. The monoisotopic (exact) mass is 179 g/mol. The Bertz CT molecular complexity index is 256. The van der Waals surface area contributed by atoms with Gasteiger partial charge in [-0.3, -0.25) is 4.68 Å². The van der Waals surface area contributed by atoms with Crippen LogP contribution < -0.4 is 5.73 Å². The molecule has 2 rings (SSSR count). The summed E-state index contributed by atoms with van der Waals surface area (Å²) in [7, 11) is 0. The minimum atomic E-state index is 0.433. The molecule has 1 aromatic heterocycles. The van der Waals surface area contributed by atoms with Crippen molar-refractivity contribution in [3.63, 3.8) is 0 Å². The van der Waals surface area contributed by atoms with Crippen LogP contribution in [-0.2, 0) is 0 Å². The summed E-state index contributed by atoms with van der Waals surface area (Å²) in [6, 6.07) is 2.74. The van der Waals surface area contributed by atoms with Crippen molar-refractivity contribution in [3.8, 4) is 0 Å². The van der Waals surface area contributed by atoms with Crippen LogP contribution in [0.3, 0.4) is 0 Å². The molecule has 1 atom stereocenters. The zero-order valence-electron chi connectivity index (χ0n) is 8.11. The van der Waals surface area contributed by atoms with Crippen LogP contribution in [0.1, 0.15) is 43.8 Å². The third-order valence-corrected chi connectivity index (χ3v) is 2.98. The third kappa shape index (κ3) is 1.48. The van der Waals surface area contributed by atoms with Gasteiger partial charge in [0.1, 0.15) is 0 Å². The zero-order chi connectivity index (χ0) is 9.26. The molecule has 1 aliphatic carbocycles. The highest BCUT2D eigenvalue weighted by atomic mass is 15.3. The maximum atomic E-state index is 5.65. The first-order valence-electron chi connectivity index (χ1n) is 5.06. The van der Waals surface area contributed by atoms with Gasteiger partial charge in [0.2, 0.25) is 0 Å². The van der Waals surface area contributed by atoms with Crippen LogP contribution in [0.25, 0.3) is 0 Å². The van der Waals surface area contributed by atoms with E-state index in [-0.39, 0.29) is 0 Å². The maximum absolute atomic E-state index is 5.65. The van der Waals surface area contributed by atoms with Gasteiger partial charge in [0, 0.05) is 24.4 Å². The molecule has 0 radical (unpaired) electrons. The van der Waals surface area contributed by atoms with Gasteiger partial charge in [0.25, 0.3) is 0 Å². The molecule has 13 heavy (non-hydrogen) atoms. The molecule has 1 aromatic rings. The average molecular weight is 179 g/mol. The Kier molecular flexibility index (Phi) is 2.36. The Morgan fingerprint density at radius 1 is 1.69 bits per heavy atom. The Morgan fingerprint density at radius 2 is 2.46 bits per heavy atom. The van der Waals surface area contributed by atoms with Crippen molar-refractivity contribution in [2.75, 3.05) is 6.54 Å². The third-order valence-electron chi connectivity index (χ3n) is 2.98. The summed E-state index contributed by atoms with van der Waals surface area (Å²) >= 11 is 0. The van der Waals surface area contributed by atoms with Crippen LogP contribution in [-0.4, -0.2) is 16.3 Å². The molecule has 1 unspecified atom stereocenters. The van der Waals surface area contributed by atoms with Crippen LogP contribution in [0.5, 0.6) is 0 Å². The van der Waals surface area contributed by atoms with Gasteiger partial charge in [0.05, 0.1) is 6.04 Å². The summed E-state index contributed by atoms with van der Waals surface area (Å²) in [4.78, 5) is 0. The lowest BCUT2D eigenvalue weighted by Gasteiger charge is -2.28. The molecule has 0 amide bonds. The standard InChI is InChI=1S/C10H17N3/c1-8(7-11)10-5-6-12-13(10)9-3-2-4-9/h5-6,8-9H,2-4,7,11H2,1H3. The van der Waals surface area contributed by atoms with Crippen molar-refractivity contribution in [1.82, 2.24) is 9.78 Å². The molecular formula is C10H17N3. The van der Waals surface area contributed by atoms with Crippen molar-refractivity contribution in [1.29, 1.82) is 0 Å². The molecule has 3 heteroatoms. The largest absolute Gasteiger partial charge is 0.330 e. The summed E-state index contributed by atoms with van der Waals surface area (Å²) in [6.07, 6.45) is 5.80. The SMILES string of the molecule is CC(CN)c1ccnn1C1CCC1. The summed E-state index contributed by atoms with van der Waals surface area (Å²) in [5, 5.41) is 4.37. The van der Waals surface area contributed by atoms with E-state index in [1.54, 1.807) is 0 Å². The minimum Gasteiger partial charge on any atom is -0.330 e. The molecule has 0 aliphatic heterocycles. The molecule has 3 nitrogen and oxygen atoms in total.